The van der Waals surface area contributed by atoms with Crippen LogP contribution in [0.4, 0.5) is 9.39 Å². The van der Waals surface area contributed by atoms with Crippen molar-refractivity contribution < 1.29 is 4.39 Å². The number of nitrogens with zero attached hydrogens (tertiary/aromatic N) is 2. The summed E-state index contributed by atoms with van der Waals surface area (Å²) in [6, 6.07) is 2.33. The summed E-state index contributed by atoms with van der Waals surface area (Å²) in [6.07, 6.45) is 2.38. The van der Waals surface area contributed by atoms with Crippen LogP contribution in [0.1, 0.15) is 35.8 Å². The van der Waals surface area contributed by atoms with Crippen LogP contribution < -0.4 is 5.32 Å². The Bertz CT molecular complexity index is 550. The molecule has 5 heteroatoms. The highest BCUT2D eigenvalue weighted by Gasteiger charge is 2.41. The number of nitrogens with one attached hydrogen (secondary N) is 1. The van der Waals surface area contributed by atoms with Gasteiger partial charge in [0, 0.05) is 37.1 Å². The summed E-state index contributed by atoms with van der Waals surface area (Å²) < 4.78 is 13.5. The van der Waals surface area contributed by atoms with E-state index in [4.69, 9.17) is 0 Å². The molecule has 2 aliphatic rings. The van der Waals surface area contributed by atoms with Crippen molar-refractivity contribution in [3.05, 3.63) is 16.0 Å². The van der Waals surface area contributed by atoms with E-state index < -0.39 is 5.67 Å². The van der Waals surface area contributed by atoms with Gasteiger partial charge in [0.05, 0.1) is 5.56 Å². The minimum Gasteiger partial charge on any atom is -0.379 e. The van der Waals surface area contributed by atoms with Gasteiger partial charge in [0.2, 0.25) is 0 Å². The van der Waals surface area contributed by atoms with Crippen molar-refractivity contribution in [1.29, 1.82) is 5.26 Å². The van der Waals surface area contributed by atoms with Crippen molar-refractivity contribution in [3.63, 3.8) is 0 Å². The van der Waals surface area contributed by atoms with Gasteiger partial charge in [-0.3, -0.25) is 4.90 Å². The molecular formula is C15H20FN3S. The molecule has 1 aliphatic heterocycles. The Morgan fingerprint density at radius 1 is 1.55 bits per heavy atom. The minimum atomic E-state index is -0.939. The summed E-state index contributed by atoms with van der Waals surface area (Å²) in [5, 5.41) is 13.4. The first-order chi connectivity index (χ1) is 9.52. The molecule has 1 aliphatic carbocycles. The maximum atomic E-state index is 13.5. The summed E-state index contributed by atoms with van der Waals surface area (Å²) in [4.78, 5) is 3.72. The normalized spacial score (nSPS) is 29.4. The van der Waals surface area contributed by atoms with Crippen LogP contribution in [0.3, 0.4) is 0 Å². The largest absolute Gasteiger partial charge is 0.379 e. The van der Waals surface area contributed by atoms with Crippen LogP contribution in [0.2, 0.25) is 0 Å². The van der Waals surface area contributed by atoms with Crippen molar-refractivity contribution >= 4 is 16.3 Å². The lowest BCUT2D eigenvalue weighted by Crippen LogP contribution is -2.44. The lowest BCUT2D eigenvalue weighted by atomic mass is 9.73. The topological polar surface area (TPSA) is 39.1 Å². The fraction of sp³-hybridized carbons (Fsp3) is 0.667. The van der Waals surface area contributed by atoms with Crippen LogP contribution in [0.25, 0.3) is 0 Å². The first kappa shape index (κ1) is 13.8. The molecule has 0 amide bonds. The van der Waals surface area contributed by atoms with E-state index in [0.717, 1.165) is 36.6 Å². The molecule has 1 aromatic heterocycles. The Hall–Kier alpha value is -1.12. The van der Waals surface area contributed by atoms with E-state index in [1.165, 1.54) is 10.4 Å². The third-order valence-electron chi connectivity index (χ3n) is 4.41. The van der Waals surface area contributed by atoms with E-state index in [-0.39, 0.29) is 0 Å². The predicted octanol–water partition coefficient (Wildman–Crippen LogP) is 3.16. The number of hydrogen-bond donors (Lipinski definition) is 1. The van der Waals surface area contributed by atoms with Crippen LogP contribution in [0, 0.1) is 17.2 Å². The number of rotatable bonds is 3. The summed E-state index contributed by atoms with van der Waals surface area (Å²) in [5.74, 6) is 0.486. The molecule has 0 saturated heterocycles. The molecule has 0 bridgehead atoms. The number of fused-ring (bicyclic) bond motifs is 1. The molecule has 0 unspecified atom stereocenters. The average Bonchev–Trinajstić information content (AvgIpc) is 2.73. The van der Waals surface area contributed by atoms with Crippen LogP contribution in [-0.2, 0) is 13.0 Å². The minimum absolute atomic E-state index is 0.486. The van der Waals surface area contributed by atoms with Gasteiger partial charge in [-0.1, -0.05) is 0 Å². The van der Waals surface area contributed by atoms with Gasteiger partial charge >= 0.3 is 0 Å². The van der Waals surface area contributed by atoms with Crippen LogP contribution in [0.15, 0.2) is 0 Å². The predicted molar refractivity (Wildman–Crippen MR) is 79.8 cm³/mol. The first-order valence-corrected chi connectivity index (χ1v) is 7.97. The fourth-order valence-corrected chi connectivity index (χ4v) is 4.63. The first-order valence-electron chi connectivity index (χ1n) is 7.16. The second-order valence-electron chi connectivity index (χ2n) is 6.24. The van der Waals surface area contributed by atoms with Gasteiger partial charge in [0.15, 0.2) is 0 Å². The van der Waals surface area contributed by atoms with Crippen molar-refractivity contribution in [2.45, 2.75) is 38.4 Å². The lowest BCUT2D eigenvalue weighted by molar-refractivity contribution is 0.00492. The van der Waals surface area contributed by atoms with E-state index in [0.29, 0.717) is 18.8 Å². The molecule has 0 aromatic carbocycles. The number of anilines is 1. The number of hydrogen-bond acceptors (Lipinski definition) is 4. The molecule has 1 fully saturated rings. The Balaban J connectivity index is 1.69. The van der Waals surface area contributed by atoms with Gasteiger partial charge in [-0.2, -0.15) is 5.26 Å². The van der Waals surface area contributed by atoms with Crippen molar-refractivity contribution in [1.82, 2.24) is 4.90 Å². The summed E-state index contributed by atoms with van der Waals surface area (Å²) in [7, 11) is 1.87. The molecule has 0 radical (unpaired) electrons. The number of halogens is 1. The molecule has 0 atom stereocenters. The van der Waals surface area contributed by atoms with Crippen LogP contribution in [0.5, 0.6) is 0 Å². The zero-order valence-electron chi connectivity index (χ0n) is 12.0. The molecule has 3 rings (SSSR count). The Kier molecular flexibility index (Phi) is 3.47. The Labute approximate surface area is 123 Å². The highest BCUT2D eigenvalue weighted by atomic mass is 32.1. The standard InChI is InChI=1S/C15H20FN3S/c1-15(16)5-10(6-15)8-19-4-3-13-12(9-19)11(7-17)14(18-2)20-13/h10,18H,3-6,8-9H2,1-2H3. The van der Waals surface area contributed by atoms with E-state index in [9.17, 15) is 9.65 Å². The van der Waals surface area contributed by atoms with Crippen molar-refractivity contribution in [2.24, 2.45) is 5.92 Å². The molecule has 0 spiro atoms. The van der Waals surface area contributed by atoms with E-state index >= 15 is 0 Å². The van der Waals surface area contributed by atoms with Gasteiger partial charge in [-0.25, -0.2) is 4.39 Å². The molecule has 108 valence electrons. The Morgan fingerprint density at radius 2 is 2.30 bits per heavy atom. The van der Waals surface area contributed by atoms with E-state index in [1.54, 1.807) is 18.3 Å². The molecule has 1 N–H and O–H groups in total. The zero-order valence-corrected chi connectivity index (χ0v) is 12.8. The molecule has 1 saturated carbocycles. The van der Waals surface area contributed by atoms with Crippen molar-refractivity contribution in [3.8, 4) is 6.07 Å². The molecule has 1 aromatic rings. The van der Waals surface area contributed by atoms with Crippen LogP contribution >= 0.6 is 11.3 Å². The molecule has 20 heavy (non-hydrogen) atoms. The number of nitriles is 1. The summed E-state index contributed by atoms with van der Waals surface area (Å²) in [6.45, 7) is 4.54. The summed E-state index contributed by atoms with van der Waals surface area (Å²) in [5.41, 5.74) is 1.06. The van der Waals surface area contributed by atoms with E-state index in [2.05, 4.69) is 16.3 Å². The zero-order chi connectivity index (χ0) is 14.3. The maximum absolute atomic E-state index is 13.5. The van der Waals surface area contributed by atoms with Gasteiger partial charge in [-0.15, -0.1) is 11.3 Å². The number of alkyl halides is 1. The van der Waals surface area contributed by atoms with Gasteiger partial charge in [0.25, 0.3) is 0 Å². The second kappa shape index (κ2) is 5.01. The highest BCUT2D eigenvalue weighted by Crippen LogP contribution is 2.42. The molecular weight excluding hydrogens is 273 g/mol. The Morgan fingerprint density at radius 3 is 2.90 bits per heavy atom. The fourth-order valence-electron chi connectivity index (χ4n) is 3.53. The maximum Gasteiger partial charge on any atom is 0.108 e. The lowest BCUT2D eigenvalue weighted by Gasteiger charge is -2.42. The monoisotopic (exact) mass is 293 g/mol. The van der Waals surface area contributed by atoms with Gasteiger partial charge in [-0.05, 0) is 32.1 Å². The second-order valence-corrected chi connectivity index (χ2v) is 7.35. The number of thiophene rings is 1. The summed E-state index contributed by atoms with van der Waals surface area (Å²) >= 11 is 1.71. The average molecular weight is 293 g/mol. The van der Waals surface area contributed by atoms with E-state index in [1.807, 2.05) is 7.05 Å². The van der Waals surface area contributed by atoms with Gasteiger partial charge < -0.3 is 5.32 Å². The quantitative estimate of drug-likeness (QED) is 0.930. The van der Waals surface area contributed by atoms with Crippen molar-refractivity contribution in [2.75, 3.05) is 25.5 Å². The third-order valence-corrected chi connectivity index (χ3v) is 5.72. The third kappa shape index (κ3) is 2.43. The SMILES string of the molecule is CNc1sc2c(c1C#N)CN(CC1CC(C)(F)C1)CC2. The molecule has 2 heterocycles. The van der Waals surface area contributed by atoms with Gasteiger partial charge in [0.1, 0.15) is 16.7 Å². The molecule has 3 nitrogen and oxygen atoms in total. The van der Waals surface area contributed by atoms with Crippen LogP contribution in [-0.4, -0.2) is 30.7 Å². The smallest absolute Gasteiger partial charge is 0.108 e. The highest BCUT2D eigenvalue weighted by molar-refractivity contribution is 7.16.